The lowest BCUT2D eigenvalue weighted by Gasteiger charge is -2.18. The van der Waals surface area contributed by atoms with E-state index in [-0.39, 0.29) is 6.42 Å². The fourth-order valence-corrected chi connectivity index (χ4v) is 1.51. The van der Waals surface area contributed by atoms with Crippen LogP contribution in [-0.4, -0.2) is 12.2 Å². The highest BCUT2D eigenvalue weighted by atomic mass is 19.4. The van der Waals surface area contributed by atoms with Crippen LogP contribution in [-0.2, 0) is 6.42 Å². The zero-order chi connectivity index (χ0) is 11.6. The number of hydrogen-bond acceptors (Lipinski definition) is 1. The van der Waals surface area contributed by atoms with Gasteiger partial charge in [0.05, 0.1) is 0 Å². The molecule has 0 bridgehead atoms. The summed E-state index contributed by atoms with van der Waals surface area (Å²) in [4.78, 5) is 0. The fraction of sp³-hybridized carbons (Fsp3) is 0.455. The Morgan fingerprint density at radius 2 is 1.67 bits per heavy atom. The molecule has 0 fully saturated rings. The summed E-state index contributed by atoms with van der Waals surface area (Å²) in [5.41, 5.74) is 7.50. The molecule has 0 heterocycles. The Balaban J connectivity index is 2.90. The summed E-state index contributed by atoms with van der Waals surface area (Å²) < 4.78 is 36.8. The molecule has 0 amide bonds. The first-order valence-corrected chi connectivity index (χ1v) is 4.69. The molecule has 0 radical (unpaired) electrons. The van der Waals surface area contributed by atoms with E-state index in [1.807, 2.05) is 6.07 Å². The summed E-state index contributed by atoms with van der Waals surface area (Å²) >= 11 is 0. The molecule has 0 aromatic heterocycles. The van der Waals surface area contributed by atoms with E-state index in [1.165, 1.54) is 0 Å². The van der Waals surface area contributed by atoms with Crippen LogP contribution >= 0.6 is 0 Å². The molecule has 1 unspecified atom stereocenters. The molecule has 0 aliphatic heterocycles. The Bertz CT molecular complexity index is 324. The van der Waals surface area contributed by atoms with Crippen LogP contribution in [0.5, 0.6) is 0 Å². The molecule has 84 valence electrons. The molecule has 0 aliphatic rings. The number of alkyl halides is 3. The van der Waals surface area contributed by atoms with Gasteiger partial charge in [-0.3, -0.25) is 0 Å². The maximum absolute atomic E-state index is 12.3. The summed E-state index contributed by atoms with van der Waals surface area (Å²) in [6.45, 7) is 3.59. The van der Waals surface area contributed by atoms with Crippen molar-refractivity contribution in [1.29, 1.82) is 0 Å². The van der Waals surface area contributed by atoms with Gasteiger partial charge in [-0.25, -0.2) is 0 Å². The number of benzene rings is 1. The van der Waals surface area contributed by atoms with Gasteiger partial charge < -0.3 is 5.73 Å². The third-order valence-electron chi connectivity index (χ3n) is 2.49. The number of halogens is 3. The fourth-order valence-electron chi connectivity index (χ4n) is 1.51. The SMILES string of the molecule is Cc1cccc(C)c1CC(N)C(F)(F)F. The van der Waals surface area contributed by atoms with Crippen molar-refractivity contribution in [2.75, 3.05) is 0 Å². The van der Waals surface area contributed by atoms with Gasteiger partial charge in [0.25, 0.3) is 0 Å². The summed E-state index contributed by atoms with van der Waals surface area (Å²) in [6, 6.07) is 3.64. The molecule has 1 nitrogen and oxygen atoms in total. The van der Waals surface area contributed by atoms with Gasteiger partial charge in [0.15, 0.2) is 0 Å². The van der Waals surface area contributed by atoms with Crippen molar-refractivity contribution in [3.63, 3.8) is 0 Å². The minimum atomic E-state index is -4.32. The van der Waals surface area contributed by atoms with Crippen molar-refractivity contribution < 1.29 is 13.2 Å². The Kier molecular flexibility index (Phi) is 3.39. The predicted molar refractivity (Wildman–Crippen MR) is 53.7 cm³/mol. The lowest BCUT2D eigenvalue weighted by Crippen LogP contribution is -2.39. The second-order valence-corrected chi connectivity index (χ2v) is 3.72. The Hall–Kier alpha value is -1.03. The van der Waals surface area contributed by atoms with E-state index in [0.29, 0.717) is 5.56 Å². The molecular weight excluding hydrogens is 203 g/mol. The molecule has 4 heteroatoms. The van der Waals surface area contributed by atoms with Gasteiger partial charge in [-0.2, -0.15) is 13.2 Å². The molecule has 1 aromatic carbocycles. The zero-order valence-corrected chi connectivity index (χ0v) is 8.73. The van der Waals surface area contributed by atoms with Crippen LogP contribution in [0.1, 0.15) is 16.7 Å². The van der Waals surface area contributed by atoms with E-state index in [0.717, 1.165) is 11.1 Å². The number of aryl methyl sites for hydroxylation is 2. The molecule has 2 N–H and O–H groups in total. The summed E-state index contributed by atoms with van der Waals surface area (Å²) in [7, 11) is 0. The molecule has 15 heavy (non-hydrogen) atoms. The third-order valence-corrected chi connectivity index (χ3v) is 2.49. The first-order chi connectivity index (χ1) is 6.82. The van der Waals surface area contributed by atoms with Crippen LogP contribution in [0.2, 0.25) is 0 Å². The van der Waals surface area contributed by atoms with E-state index < -0.39 is 12.2 Å². The highest BCUT2D eigenvalue weighted by Gasteiger charge is 2.36. The minimum Gasteiger partial charge on any atom is -0.320 e. The van der Waals surface area contributed by atoms with Gasteiger partial charge in [0.1, 0.15) is 6.04 Å². The van der Waals surface area contributed by atoms with Gasteiger partial charge >= 0.3 is 6.18 Å². The van der Waals surface area contributed by atoms with Crippen LogP contribution in [0, 0.1) is 13.8 Å². The first-order valence-electron chi connectivity index (χ1n) is 4.69. The van der Waals surface area contributed by atoms with Crippen LogP contribution in [0.3, 0.4) is 0 Å². The maximum Gasteiger partial charge on any atom is 0.403 e. The number of rotatable bonds is 2. The van der Waals surface area contributed by atoms with Gasteiger partial charge in [0, 0.05) is 0 Å². The molecular formula is C11H14F3N. The van der Waals surface area contributed by atoms with Crippen molar-refractivity contribution in [2.24, 2.45) is 5.73 Å². The van der Waals surface area contributed by atoms with Crippen LogP contribution in [0.15, 0.2) is 18.2 Å². The van der Waals surface area contributed by atoms with Gasteiger partial charge in [-0.05, 0) is 37.0 Å². The molecule has 1 aromatic rings. The van der Waals surface area contributed by atoms with E-state index in [2.05, 4.69) is 0 Å². The molecule has 0 aliphatic carbocycles. The van der Waals surface area contributed by atoms with Gasteiger partial charge in [-0.1, -0.05) is 18.2 Å². The molecule has 1 rings (SSSR count). The third kappa shape index (κ3) is 2.96. The van der Waals surface area contributed by atoms with Crippen LogP contribution in [0.25, 0.3) is 0 Å². The predicted octanol–water partition coefficient (Wildman–Crippen LogP) is 2.74. The van der Waals surface area contributed by atoms with Crippen molar-refractivity contribution in [1.82, 2.24) is 0 Å². The average molecular weight is 217 g/mol. The monoisotopic (exact) mass is 217 g/mol. The minimum absolute atomic E-state index is 0.151. The standard InChI is InChI=1S/C11H14F3N/c1-7-4-3-5-8(2)9(7)6-10(15)11(12,13)14/h3-5,10H,6,15H2,1-2H3. The van der Waals surface area contributed by atoms with Crippen molar-refractivity contribution in [3.8, 4) is 0 Å². The largest absolute Gasteiger partial charge is 0.403 e. The topological polar surface area (TPSA) is 26.0 Å². The molecule has 1 atom stereocenters. The van der Waals surface area contributed by atoms with Crippen molar-refractivity contribution >= 4 is 0 Å². The smallest absolute Gasteiger partial charge is 0.320 e. The maximum atomic E-state index is 12.3. The Morgan fingerprint density at radius 1 is 1.20 bits per heavy atom. The average Bonchev–Trinajstić information content (AvgIpc) is 2.09. The highest BCUT2D eigenvalue weighted by molar-refractivity contribution is 5.34. The summed E-state index contributed by atoms with van der Waals surface area (Å²) in [5, 5.41) is 0. The normalized spacial score (nSPS) is 14.0. The second-order valence-electron chi connectivity index (χ2n) is 3.72. The highest BCUT2D eigenvalue weighted by Crippen LogP contribution is 2.24. The lowest BCUT2D eigenvalue weighted by molar-refractivity contribution is -0.147. The lowest BCUT2D eigenvalue weighted by atomic mass is 9.96. The Labute approximate surface area is 87.1 Å². The quantitative estimate of drug-likeness (QED) is 0.809. The van der Waals surface area contributed by atoms with E-state index in [9.17, 15) is 13.2 Å². The number of hydrogen-bond donors (Lipinski definition) is 1. The van der Waals surface area contributed by atoms with E-state index in [1.54, 1.807) is 26.0 Å². The number of nitrogens with two attached hydrogens (primary N) is 1. The van der Waals surface area contributed by atoms with Crippen LogP contribution < -0.4 is 5.73 Å². The van der Waals surface area contributed by atoms with Crippen molar-refractivity contribution in [2.45, 2.75) is 32.5 Å². The van der Waals surface area contributed by atoms with E-state index >= 15 is 0 Å². The molecule has 0 spiro atoms. The molecule has 0 saturated carbocycles. The summed E-state index contributed by atoms with van der Waals surface area (Å²) in [5.74, 6) is 0. The van der Waals surface area contributed by atoms with Crippen molar-refractivity contribution in [3.05, 3.63) is 34.9 Å². The summed E-state index contributed by atoms with van der Waals surface area (Å²) in [6.07, 6.45) is -4.48. The zero-order valence-electron chi connectivity index (χ0n) is 8.73. The van der Waals surface area contributed by atoms with Gasteiger partial charge in [-0.15, -0.1) is 0 Å². The van der Waals surface area contributed by atoms with E-state index in [4.69, 9.17) is 5.73 Å². The second kappa shape index (κ2) is 4.23. The van der Waals surface area contributed by atoms with Crippen LogP contribution in [0.4, 0.5) is 13.2 Å². The molecule has 0 saturated heterocycles. The Morgan fingerprint density at radius 3 is 2.07 bits per heavy atom. The van der Waals surface area contributed by atoms with Gasteiger partial charge in [0.2, 0.25) is 0 Å². The first kappa shape index (κ1) is 12.0.